The van der Waals surface area contributed by atoms with E-state index in [9.17, 15) is 14.1 Å². The Morgan fingerprint density at radius 1 is 1.38 bits per heavy atom. The Bertz CT molecular complexity index is 791. The molecule has 8 nitrogen and oxygen atoms in total. The minimum atomic E-state index is -2.13. The second-order valence-electron chi connectivity index (χ2n) is 5.20. The van der Waals surface area contributed by atoms with Crippen LogP contribution < -0.4 is 14.2 Å². The lowest BCUT2D eigenvalue weighted by Crippen LogP contribution is -2.18. The lowest BCUT2D eigenvalue weighted by Gasteiger charge is -2.08. The van der Waals surface area contributed by atoms with Gasteiger partial charge in [0.1, 0.15) is 5.75 Å². The summed E-state index contributed by atoms with van der Waals surface area (Å²) in [5.74, 6) is -0.0190. The maximum absolute atomic E-state index is 11.4. The second-order valence-corrected chi connectivity index (χ2v) is 7.09. The fourth-order valence-electron chi connectivity index (χ4n) is 2.22. The fourth-order valence-corrected chi connectivity index (χ4v) is 3.04. The average Bonchev–Trinajstić information content (AvgIpc) is 2.91. The van der Waals surface area contributed by atoms with Crippen molar-refractivity contribution in [1.29, 1.82) is 0 Å². The Morgan fingerprint density at radius 3 is 2.58 bits per heavy atom. The molecule has 2 aromatic rings. The first-order chi connectivity index (χ1) is 12.3. The topological polar surface area (TPSA) is 118 Å². The van der Waals surface area contributed by atoms with Crippen LogP contribution in [0.3, 0.4) is 0 Å². The van der Waals surface area contributed by atoms with Crippen LogP contribution in [-0.4, -0.2) is 33.5 Å². The van der Waals surface area contributed by atoms with E-state index in [0.717, 1.165) is 0 Å². The third kappa shape index (κ3) is 5.07. The number of benzene rings is 1. The Kier molecular flexibility index (Phi) is 7.21. The van der Waals surface area contributed by atoms with Crippen LogP contribution in [0.15, 0.2) is 28.7 Å². The standard InChI is InChI=1S/C16H18BrNO7S/c1-9(19)24-16-13(20)14(10-3-5-11(23-2)6-4-10)25-15(16)12(17)7-8-18-26(21)22/h3-6,12,18,20H,7-8H2,1-2H3,(H,21,22). The van der Waals surface area contributed by atoms with E-state index in [4.69, 9.17) is 18.4 Å². The number of carbonyl (C=O) groups is 1. The van der Waals surface area contributed by atoms with Crippen molar-refractivity contribution >= 4 is 33.2 Å². The van der Waals surface area contributed by atoms with Gasteiger partial charge in [0.25, 0.3) is 0 Å². The molecule has 3 N–H and O–H groups in total. The van der Waals surface area contributed by atoms with Crippen LogP contribution in [0.1, 0.15) is 23.9 Å². The van der Waals surface area contributed by atoms with Gasteiger partial charge < -0.3 is 19.0 Å². The van der Waals surface area contributed by atoms with Gasteiger partial charge >= 0.3 is 5.97 Å². The summed E-state index contributed by atoms with van der Waals surface area (Å²) < 4.78 is 37.7. The number of rotatable bonds is 8. The molecule has 0 fully saturated rings. The van der Waals surface area contributed by atoms with Crippen LogP contribution in [0.4, 0.5) is 0 Å². The second kappa shape index (κ2) is 9.17. The Hall–Kier alpha value is -1.88. The molecule has 0 radical (unpaired) electrons. The molecule has 10 heteroatoms. The molecule has 0 amide bonds. The van der Waals surface area contributed by atoms with Gasteiger partial charge in [-0.05, 0) is 30.7 Å². The zero-order valence-corrected chi connectivity index (χ0v) is 16.4. The molecule has 0 saturated carbocycles. The first-order valence-electron chi connectivity index (χ1n) is 7.50. The van der Waals surface area contributed by atoms with Crippen molar-refractivity contribution in [1.82, 2.24) is 4.72 Å². The maximum Gasteiger partial charge on any atom is 0.308 e. The van der Waals surface area contributed by atoms with Crippen LogP contribution in [0.25, 0.3) is 11.3 Å². The SMILES string of the molecule is COc1ccc(-c2oc(C(Br)CCNS(=O)O)c(OC(C)=O)c2O)cc1. The summed E-state index contributed by atoms with van der Waals surface area (Å²) in [5.41, 5.74) is 0.567. The number of furan rings is 1. The van der Waals surface area contributed by atoms with Crippen molar-refractivity contribution in [3.8, 4) is 28.6 Å². The molecule has 1 aromatic carbocycles. The van der Waals surface area contributed by atoms with E-state index in [1.54, 1.807) is 31.4 Å². The van der Waals surface area contributed by atoms with Gasteiger partial charge in [0.15, 0.2) is 11.5 Å². The molecule has 0 bridgehead atoms. The number of aromatic hydroxyl groups is 1. The Labute approximate surface area is 161 Å². The number of hydrogen-bond donors (Lipinski definition) is 3. The van der Waals surface area contributed by atoms with E-state index in [0.29, 0.717) is 17.7 Å². The van der Waals surface area contributed by atoms with Gasteiger partial charge in [-0.25, -0.2) is 8.93 Å². The molecule has 2 unspecified atom stereocenters. The zero-order valence-electron chi connectivity index (χ0n) is 14.0. The quantitative estimate of drug-likeness (QED) is 0.323. The molecule has 0 saturated heterocycles. The van der Waals surface area contributed by atoms with Gasteiger partial charge in [0.2, 0.25) is 22.8 Å². The largest absolute Gasteiger partial charge is 0.502 e. The first kappa shape index (κ1) is 20.4. The number of nitrogens with one attached hydrogen (secondary N) is 1. The number of halogens is 1. The van der Waals surface area contributed by atoms with Gasteiger partial charge in [0.05, 0.1) is 11.9 Å². The minimum Gasteiger partial charge on any atom is -0.502 e. The predicted molar refractivity (Wildman–Crippen MR) is 98.7 cm³/mol. The zero-order chi connectivity index (χ0) is 19.3. The number of carbonyl (C=O) groups excluding carboxylic acids is 1. The van der Waals surface area contributed by atoms with E-state index >= 15 is 0 Å². The highest BCUT2D eigenvalue weighted by molar-refractivity contribution is 9.09. The Balaban J connectivity index is 2.36. The highest BCUT2D eigenvalue weighted by Crippen LogP contribution is 2.48. The van der Waals surface area contributed by atoms with Gasteiger partial charge in [-0.2, -0.15) is 0 Å². The molecule has 142 valence electrons. The number of alkyl halides is 1. The number of ether oxygens (including phenoxy) is 2. The highest BCUT2D eigenvalue weighted by Gasteiger charge is 2.28. The molecule has 1 heterocycles. The first-order valence-corrected chi connectivity index (χ1v) is 9.52. The summed E-state index contributed by atoms with van der Waals surface area (Å²) in [5, 5.41) is 10.5. The van der Waals surface area contributed by atoms with Crippen LogP contribution in [0.2, 0.25) is 0 Å². The number of methoxy groups -OCH3 is 1. The summed E-state index contributed by atoms with van der Waals surface area (Å²) in [6.45, 7) is 1.40. The van der Waals surface area contributed by atoms with E-state index in [2.05, 4.69) is 20.7 Å². The molecule has 0 aliphatic heterocycles. The summed E-state index contributed by atoms with van der Waals surface area (Å²) >= 11 is 1.25. The molecule has 2 atom stereocenters. The van der Waals surface area contributed by atoms with Crippen molar-refractivity contribution in [2.75, 3.05) is 13.7 Å². The summed E-state index contributed by atoms with van der Waals surface area (Å²) in [6, 6.07) is 6.79. The molecule has 2 rings (SSSR count). The van der Waals surface area contributed by atoms with Gasteiger partial charge in [0, 0.05) is 19.0 Å². The van der Waals surface area contributed by atoms with E-state index in [-0.39, 0.29) is 29.6 Å². The normalized spacial score (nSPS) is 13.2. The third-order valence-electron chi connectivity index (χ3n) is 3.37. The lowest BCUT2D eigenvalue weighted by atomic mass is 10.1. The van der Waals surface area contributed by atoms with Crippen molar-refractivity contribution in [3.63, 3.8) is 0 Å². The number of esters is 1. The predicted octanol–water partition coefficient (Wildman–Crippen LogP) is 3.14. The molecule has 26 heavy (non-hydrogen) atoms. The molecule has 1 aromatic heterocycles. The van der Waals surface area contributed by atoms with Gasteiger partial charge in [-0.1, -0.05) is 15.9 Å². The van der Waals surface area contributed by atoms with Crippen molar-refractivity contribution in [3.05, 3.63) is 30.0 Å². The van der Waals surface area contributed by atoms with Crippen molar-refractivity contribution in [2.45, 2.75) is 18.2 Å². The molecule has 0 aliphatic rings. The van der Waals surface area contributed by atoms with Crippen LogP contribution in [0.5, 0.6) is 17.2 Å². The summed E-state index contributed by atoms with van der Waals surface area (Å²) in [4.78, 5) is 10.9. The van der Waals surface area contributed by atoms with E-state index in [1.807, 2.05) is 0 Å². The average molecular weight is 448 g/mol. The Morgan fingerprint density at radius 2 is 2.04 bits per heavy atom. The smallest absolute Gasteiger partial charge is 0.308 e. The van der Waals surface area contributed by atoms with E-state index in [1.165, 1.54) is 6.92 Å². The summed E-state index contributed by atoms with van der Waals surface area (Å²) in [7, 11) is 1.54. The van der Waals surface area contributed by atoms with Crippen LogP contribution >= 0.6 is 15.9 Å². The monoisotopic (exact) mass is 447 g/mol. The third-order valence-corrected chi connectivity index (χ3v) is 4.70. The fraction of sp³-hybridized carbons (Fsp3) is 0.312. The maximum atomic E-state index is 11.4. The number of hydrogen-bond acceptors (Lipinski definition) is 6. The molecular formula is C16H18BrNO7S. The van der Waals surface area contributed by atoms with Crippen LogP contribution in [-0.2, 0) is 16.1 Å². The van der Waals surface area contributed by atoms with Crippen molar-refractivity contribution < 1.29 is 32.6 Å². The van der Waals surface area contributed by atoms with Crippen molar-refractivity contribution in [2.24, 2.45) is 0 Å². The molecule has 0 spiro atoms. The summed E-state index contributed by atoms with van der Waals surface area (Å²) in [6.07, 6.45) is 0.343. The van der Waals surface area contributed by atoms with Crippen LogP contribution in [0, 0.1) is 0 Å². The van der Waals surface area contributed by atoms with E-state index < -0.39 is 22.1 Å². The van der Waals surface area contributed by atoms with Gasteiger partial charge in [-0.3, -0.25) is 9.35 Å². The molecule has 0 aliphatic carbocycles. The van der Waals surface area contributed by atoms with Gasteiger partial charge in [-0.15, -0.1) is 0 Å². The molecular weight excluding hydrogens is 430 g/mol. The lowest BCUT2D eigenvalue weighted by molar-refractivity contribution is -0.132. The minimum absolute atomic E-state index is 0.0877. The highest BCUT2D eigenvalue weighted by atomic mass is 79.9.